The number of carbonyl (C=O) groups excluding carboxylic acids is 2. The Morgan fingerprint density at radius 1 is 1.18 bits per heavy atom. The molecule has 7 nitrogen and oxygen atoms in total. The number of hydrogen-bond donors (Lipinski definition) is 1. The van der Waals surface area contributed by atoms with E-state index in [1.807, 2.05) is 6.92 Å². The van der Waals surface area contributed by atoms with Crippen molar-refractivity contribution in [3.8, 4) is 0 Å². The van der Waals surface area contributed by atoms with Crippen molar-refractivity contribution in [2.75, 3.05) is 4.31 Å². The highest BCUT2D eigenvalue weighted by molar-refractivity contribution is 7.92. The van der Waals surface area contributed by atoms with E-state index in [9.17, 15) is 18.0 Å². The molecular formula is C20H20N2O5S. The number of sulfonamides is 1. The third-order valence-electron chi connectivity index (χ3n) is 4.44. The van der Waals surface area contributed by atoms with Crippen LogP contribution in [0.2, 0.25) is 0 Å². The van der Waals surface area contributed by atoms with Crippen molar-refractivity contribution in [2.45, 2.75) is 31.2 Å². The Labute approximate surface area is 163 Å². The van der Waals surface area contributed by atoms with Gasteiger partial charge in [0.2, 0.25) is 5.91 Å². The van der Waals surface area contributed by atoms with E-state index in [1.165, 1.54) is 29.6 Å². The maximum atomic E-state index is 13.3. The number of esters is 1. The van der Waals surface area contributed by atoms with E-state index in [0.29, 0.717) is 23.2 Å². The molecule has 0 aliphatic carbocycles. The molecule has 28 heavy (non-hydrogen) atoms. The summed E-state index contributed by atoms with van der Waals surface area (Å²) in [4.78, 5) is 22.7. The number of carbonyl (C=O) groups is 2. The monoisotopic (exact) mass is 400 g/mol. The molecule has 0 radical (unpaired) electrons. The molecule has 2 aromatic carbocycles. The first kappa shape index (κ1) is 19.6. The molecule has 1 heterocycles. The predicted octanol–water partition coefficient (Wildman–Crippen LogP) is 2.29. The van der Waals surface area contributed by atoms with Crippen molar-refractivity contribution in [2.24, 2.45) is 5.73 Å². The third kappa shape index (κ3) is 3.77. The van der Waals surface area contributed by atoms with Gasteiger partial charge in [-0.2, -0.15) is 0 Å². The summed E-state index contributed by atoms with van der Waals surface area (Å²) in [6, 6.07) is 10.6. The number of nitrogens with zero attached hydrogens (tertiary/aromatic N) is 1. The van der Waals surface area contributed by atoms with Crippen LogP contribution in [-0.4, -0.2) is 26.3 Å². The van der Waals surface area contributed by atoms with Crippen molar-refractivity contribution in [1.82, 2.24) is 0 Å². The van der Waals surface area contributed by atoms with Crippen molar-refractivity contribution in [3.63, 3.8) is 0 Å². The zero-order chi connectivity index (χ0) is 20.5. The molecule has 1 amide bonds. The van der Waals surface area contributed by atoms with Gasteiger partial charge in [-0.05, 0) is 55.3 Å². The van der Waals surface area contributed by atoms with E-state index in [4.69, 9.17) is 10.5 Å². The number of benzene rings is 2. The first-order valence-corrected chi connectivity index (χ1v) is 10.0. The molecule has 1 atom stereocenters. The van der Waals surface area contributed by atoms with Crippen LogP contribution in [0.3, 0.4) is 0 Å². The number of rotatable bonds is 5. The fourth-order valence-electron chi connectivity index (χ4n) is 3.11. The van der Waals surface area contributed by atoms with Gasteiger partial charge in [-0.1, -0.05) is 17.7 Å². The number of anilines is 1. The molecule has 1 unspecified atom stereocenters. The lowest BCUT2D eigenvalue weighted by molar-refractivity contribution is -0.135. The fraction of sp³-hybridized carbons (Fsp3) is 0.200. The quantitative estimate of drug-likeness (QED) is 0.612. The van der Waals surface area contributed by atoms with Gasteiger partial charge in [-0.15, -0.1) is 0 Å². The van der Waals surface area contributed by atoms with Crippen LogP contribution < -0.4 is 10.0 Å². The Balaban J connectivity index is 2.08. The van der Waals surface area contributed by atoms with Gasteiger partial charge >= 0.3 is 5.97 Å². The molecule has 8 heteroatoms. The fourth-order valence-corrected chi connectivity index (χ4v) is 4.75. The largest absolute Gasteiger partial charge is 0.435 e. The van der Waals surface area contributed by atoms with Crippen molar-refractivity contribution in [1.29, 1.82) is 0 Å². The molecule has 0 saturated carbocycles. The van der Waals surface area contributed by atoms with E-state index in [1.54, 1.807) is 36.4 Å². The van der Waals surface area contributed by atoms with Crippen LogP contribution >= 0.6 is 0 Å². The van der Waals surface area contributed by atoms with E-state index >= 15 is 0 Å². The number of amides is 1. The standard InChI is InChI=1S/C20H20N2O5S/c1-13-3-6-18(7-4-13)28(25,26)22-17(9-10-27-14(2)23)12-16-11-15(20(21)24)5-8-19(16)22/h3-11,17H,12H2,1-2H3,(H2,21,24)/b10-9+. The first-order valence-electron chi connectivity index (χ1n) is 8.58. The molecule has 0 fully saturated rings. The Hall–Kier alpha value is -3.13. The maximum Gasteiger partial charge on any atom is 0.307 e. The lowest BCUT2D eigenvalue weighted by Crippen LogP contribution is -2.36. The van der Waals surface area contributed by atoms with Crippen molar-refractivity contribution < 1.29 is 22.7 Å². The van der Waals surface area contributed by atoms with Crippen LogP contribution in [0.1, 0.15) is 28.4 Å². The Kier molecular flexibility index (Phi) is 5.24. The van der Waals surface area contributed by atoms with E-state index in [-0.39, 0.29) is 4.90 Å². The molecular weight excluding hydrogens is 380 g/mol. The summed E-state index contributed by atoms with van der Waals surface area (Å²) in [5, 5.41) is 0. The smallest absolute Gasteiger partial charge is 0.307 e. The summed E-state index contributed by atoms with van der Waals surface area (Å²) < 4.78 is 32.8. The molecule has 0 spiro atoms. The molecule has 0 saturated heterocycles. The van der Waals surface area contributed by atoms with E-state index in [0.717, 1.165) is 5.56 Å². The number of nitrogens with two attached hydrogens (primary N) is 1. The van der Waals surface area contributed by atoms with Crippen LogP contribution in [0.5, 0.6) is 0 Å². The van der Waals surface area contributed by atoms with Crippen LogP contribution in [0.15, 0.2) is 59.7 Å². The summed E-state index contributed by atoms with van der Waals surface area (Å²) in [5.41, 5.74) is 7.72. The molecule has 1 aliphatic rings. The number of ether oxygens (including phenoxy) is 1. The number of hydrogen-bond acceptors (Lipinski definition) is 5. The summed E-state index contributed by atoms with van der Waals surface area (Å²) in [6.45, 7) is 3.13. The number of aryl methyl sites for hydroxylation is 1. The van der Waals surface area contributed by atoms with E-state index < -0.39 is 27.9 Å². The normalized spacial score (nSPS) is 16.2. The summed E-state index contributed by atoms with van der Waals surface area (Å²) in [7, 11) is -3.88. The summed E-state index contributed by atoms with van der Waals surface area (Å²) in [6.07, 6.45) is 3.02. The average Bonchev–Trinajstić information content (AvgIpc) is 2.99. The Morgan fingerprint density at radius 2 is 1.86 bits per heavy atom. The minimum absolute atomic E-state index is 0.149. The zero-order valence-corrected chi connectivity index (χ0v) is 16.3. The number of primary amides is 1. The van der Waals surface area contributed by atoms with Gasteiger partial charge in [0.25, 0.3) is 10.0 Å². The zero-order valence-electron chi connectivity index (χ0n) is 15.5. The number of fused-ring (bicyclic) bond motifs is 1. The van der Waals surface area contributed by atoms with Crippen LogP contribution in [0, 0.1) is 6.92 Å². The topological polar surface area (TPSA) is 107 Å². The molecule has 2 N–H and O–H groups in total. The molecule has 146 valence electrons. The van der Waals surface area contributed by atoms with Crippen molar-refractivity contribution in [3.05, 3.63) is 71.5 Å². The van der Waals surface area contributed by atoms with Gasteiger partial charge in [0.15, 0.2) is 0 Å². The molecule has 0 aromatic heterocycles. The minimum atomic E-state index is -3.88. The van der Waals surface area contributed by atoms with Gasteiger partial charge < -0.3 is 10.5 Å². The summed E-state index contributed by atoms with van der Waals surface area (Å²) in [5.74, 6) is -1.09. The highest BCUT2D eigenvalue weighted by atomic mass is 32.2. The van der Waals surface area contributed by atoms with Gasteiger partial charge in [0.05, 0.1) is 22.9 Å². The molecule has 0 bridgehead atoms. The van der Waals surface area contributed by atoms with Gasteiger partial charge in [0, 0.05) is 12.5 Å². The Morgan fingerprint density at radius 3 is 2.46 bits per heavy atom. The first-order chi connectivity index (χ1) is 13.2. The van der Waals surface area contributed by atoms with Gasteiger partial charge in [-0.3, -0.25) is 13.9 Å². The van der Waals surface area contributed by atoms with Gasteiger partial charge in [-0.25, -0.2) is 8.42 Å². The van der Waals surface area contributed by atoms with Crippen LogP contribution in [0.25, 0.3) is 0 Å². The predicted molar refractivity (Wildman–Crippen MR) is 104 cm³/mol. The lowest BCUT2D eigenvalue weighted by atomic mass is 10.1. The molecule has 2 aromatic rings. The minimum Gasteiger partial charge on any atom is -0.435 e. The Bertz CT molecular complexity index is 1060. The van der Waals surface area contributed by atoms with Crippen LogP contribution in [0.4, 0.5) is 5.69 Å². The van der Waals surface area contributed by atoms with E-state index in [2.05, 4.69) is 0 Å². The average molecular weight is 400 g/mol. The van der Waals surface area contributed by atoms with Crippen molar-refractivity contribution >= 4 is 27.6 Å². The highest BCUT2D eigenvalue weighted by Crippen LogP contribution is 2.38. The lowest BCUT2D eigenvalue weighted by Gasteiger charge is -2.25. The summed E-state index contributed by atoms with van der Waals surface area (Å²) >= 11 is 0. The second kappa shape index (κ2) is 7.47. The highest BCUT2D eigenvalue weighted by Gasteiger charge is 2.37. The van der Waals surface area contributed by atoms with Gasteiger partial charge in [0.1, 0.15) is 0 Å². The van der Waals surface area contributed by atoms with Crippen LogP contribution in [-0.2, 0) is 26.0 Å². The molecule has 1 aliphatic heterocycles. The maximum absolute atomic E-state index is 13.3. The second-order valence-corrected chi connectivity index (χ2v) is 8.35. The second-order valence-electron chi connectivity index (χ2n) is 6.53. The SMILES string of the molecule is CC(=O)O/C=C/C1Cc2cc(C(N)=O)ccc2N1S(=O)(=O)c1ccc(C)cc1. The molecule has 3 rings (SSSR count). The third-order valence-corrected chi connectivity index (χ3v) is 6.30.